The van der Waals surface area contributed by atoms with Gasteiger partial charge in [-0.05, 0) is 35.7 Å². The Morgan fingerprint density at radius 2 is 1.78 bits per heavy atom. The van der Waals surface area contributed by atoms with Crippen LogP contribution in [0.1, 0.15) is 0 Å². The topological polar surface area (TPSA) is 68.1 Å². The van der Waals surface area contributed by atoms with Crippen molar-refractivity contribution < 1.29 is 17.9 Å². The summed E-state index contributed by atoms with van der Waals surface area (Å²) in [5.41, 5.74) is 6.00. The highest BCUT2D eigenvalue weighted by atomic mass is 19.4. The normalized spacial score (nSPS) is 11.6. The first-order valence-corrected chi connectivity index (χ1v) is 6.61. The fourth-order valence-corrected chi connectivity index (χ4v) is 2.33. The van der Waals surface area contributed by atoms with Gasteiger partial charge in [0.15, 0.2) is 0 Å². The fourth-order valence-electron chi connectivity index (χ4n) is 2.33. The van der Waals surface area contributed by atoms with Gasteiger partial charge in [-0.15, -0.1) is 13.2 Å². The number of hydrogen-bond donors (Lipinski definition) is 2. The number of nitrogen functional groups attached to an aromatic ring is 1. The van der Waals surface area contributed by atoms with Crippen molar-refractivity contribution in [2.24, 2.45) is 0 Å². The van der Waals surface area contributed by atoms with Gasteiger partial charge in [-0.25, -0.2) is 0 Å². The number of para-hydroxylation sites is 1. The summed E-state index contributed by atoms with van der Waals surface area (Å²) in [6, 6.07) is 11.9. The molecule has 3 aromatic rings. The van der Waals surface area contributed by atoms with Crippen LogP contribution in [0.5, 0.6) is 5.75 Å². The van der Waals surface area contributed by atoms with E-state index < -0.39 is 11.9 Å². The van der Waals surface area contributed by atoms with Gasteiger partial charge in [0.2, 0.25) is 0 Å². The summed E-state index contributed by atoms with van der Waals surface area (Å²) in [5.74, 6) is -0.384. The molecule has 0 bridgehead atoms. The third-order valence-electron chi connectivity index (χ3n) is 3.27. The van der Waals surface area contributed by atoms with Crippen molar-refractivity contribution in [3.05, 3.63) is 58.9 Å². The molecule has 0 aliphatic rings. The number of rotatable bonds is 2. The molecule has 0 aliphatic carbocycles. The maximum Gasteiger partial charge on any atom is 0.573 e. The Labute approximate surface area is 128 Å². The average Bonchev–Trinajstić information content (AvgIpc) is 2.47. The first kappa shape index (κ1) is 15.0. The maximum absolute atomic E-state index is 12.5. The van der Waals surface area contributed by atoms with Crippen molar-refractivity contribution in [1.82, 2.24) is 4.98 Å². The molecule has 1 aromatic heterocycles. The number of aromatic amines is 1. The monoisotopic (exact) mass is 320 g/mol. The number of anilines is 1. The van der Waals surface area contributed by atoms with E-state index in [0.29, 0.717) is 16.5 Å². The lowest BCUT2D eigenvalue weighted by atomic mass is 10.1. The van der Waals surface area contributed by atoms with E-state index in [9.17, 15) is 18.0 Å². The molecular weight excluding hydrogens is 309 g/mol. The van der Waals surface area contributed by atoms with Crippen LogP contribution in [0.3, 0.4) is 0 Å². The van der Waals surface area contributed by atoms with Crippen LogP contribution >= 0.6 is 0 Å². The highest BCUT2D eigenvalue weighted by Crippen LogP contribution is 2.33. The highest BCUT2D eigenvalue weighted by molar-refractivity contribution is 5.88. The molecule has 0 spiro atoms. The van der Waals surface area contributed by atoms with Crippen molar-refractivity contribution in [2.45, 2.75) is 6.36 Å². The predicted molar refractivity (Wildman–Crippen MR) is 81.1 cm³/mol. The highest BCUT2D eigenvalue weighted by Gasteiger charge is 2.32. The summed E-state index contributed by atoms with van der Waals surface area (Å²) in [6.07, 6.45) is -4.82. The summed E-state index contributed by atoms with van der Waals surface area (Å²) in [5, 5.41) is 0.933. The number of benzene rings is 2. The Morgan fingerprint density at radius 1 is 1.04 bits per heavy atom. The molecule has 118 valence electrons. The van der Waals surface area contributed by atoms with Gasteiger partial charge in [-0.2, -0.15) is 0 Å². The van der Waals surface area contributed by atoms with Crippen molar-refractivity contribution >= 4 is 16.5 Å². The standard InChI is InChI=1S/C16H11F3N2O2/c17-16(18,19)23-14-4-2-1-3-11(14)13-7-9-5-6-10(20)8-12(9)15(22)21-13/h1-8H,20H2,(H,21,22). The number of nitrogens with one attached hydrogen (secondary N) is 1. The molecule has 0 aliphatic heterocycles. The van der Waals surface area contributed by atoms with Gasteiger partial charge in [0.25, 0.3) is 5.56 Å². The summed E-state index contributed by atoms with van der Waals surface area (Å²) in [4.78, 5) is 14.7. The molecule has 0 saturated heterocycles. The van der Waals surface area contributed by atoms with E-state index in [1.807, 2.05) is 0 Å². The lowest BCUT2D eigenvalue weighted by Crippen LogP contribution is -2.18. The Hall–Kier alpha value is -2.96. The zero-order valence-electron chi connectivity index (χ0n) is 11.6. The molecule has 2 aromatic carbocycles. The quantitative estimate of drug-likeness (QED) is 0.708. The number of hydrogen-bond acceptors (Lipinski definition) is 3. The molecule has 0 amide bonds. The van der Waals surface area contributed by atoms with E-state index in [1.165, 1.54) is 24.3 Å². The lowest BCUT2D eigenvalue weighted by molar-refractivity contribution is -0.274. The van der Waals surface area contributed by atoms with E-state index in [1.54, 1.807) is 24.3 Å². The van der Waals surface area contributed by atoms with Gasteiger partial charge in [-0.3, -0.25) is 4.79 Å². The van der Waals surface area contributed by atoms with Gasteiger partial charge in [0, 0.05) is 16.6 Å². The van der Waals surface area contributed by atoms with Gasteiger partial charge < -0.3 is 15.5 Å². The minimum absolute atomic E-state index is 0.139. The Morgan fingerprint density at radius 3 is 2.52 bits per heavy atom. The van der Waals surface area contributed by atoms with Crippen LogP contribution in [-0.2, 0) is 0 Å². The molecule has 0 atom stereocenters. The van der Waals surface area contributed by atoms with E-state index in [0.717, 1.165) is 0 Å². The van der Waals surface area contributed by atoms with Crippen LogP contribution in [0.2, 0.25) is 0 Å². The first-order chi connectivity index (χ1) is 10.8. The molecule has 0 fully saturated rings. The number of ether oxygens (including phenoxy) is 1. The van der Waals surface area contributed by atoms with Crippen molar-refractivity contribution in [1.29, 1.82) is 0 Å². The van der Waals surface area contributed by atoms with Crippen LogP contribution in [0, 0.1) is 0 Å². The second-order valence-corrected chi connectivity index (χ2v) is 4.90. The first-order valence-electron chi connectivity index (χ1n) is 6.61. The fraction of sp³-hybridized carbons (Fsp3) is 0.0625. The molecule has 0 unspecified atom stereocenters. The van der Waals surface area contributed by atoms with Crippen LogP contribution < -0.4 is 16.0 Å². The van der Waals surface area contributed by atoms with Crippen LogP contribution in [-0.4, -0.2) is 11.3 Å². The lowest BCUT2D eigenvalue weighted by Gasteiger charge is -2.13. The molecule has 7 heteroatoms. The summed E-state index contributed by atoms with van der Waals surface area (Å²) in [7, 11) is 0. The molecule has 0 radical (unpaired) electrons. The molecule has 4 nitrogen and oxygen atoms in total. The number of alkyl halides is 3. The number of aromatic nitrogens is 1. The minimum Gasteiger partial charge on any atom is -0.405 e. The predicted octanol–water partition coefficient (Wildman–Crippen LogP) is 3.68. The zero-order valence-corrected chi connectivity index (χ0v) is 11.6. The molecule has 23 heavy (non-hydrogen) atoms. The SMILES string of the molecule is Nc1ccc2cc(-c3ccccc3OC(F)(F)F)[nH]c(=O)c2c1. The van der Waals surface area contributed by atoms with Gasteiger partial charge in [-0.1, -0.05) is 18.2 Å². The number of H-pyrrole nitrogens is 1. The number of fused-ring (bicyclic) bond motifs is 1. The Bertz CT molecular complexity index is 932. The van der Waals surface area contributed by atoms with Crippen molar-refractivity contribution in [3.63, 3.8) is 0 Å². The Balaban J connectivity index is 2.18. The second kappa shape index (κ2) is 5.35. The second-order valence-electron chi connectivity index (χ2n) is 4.90. The van der Waals surface area contributed by atoms with E-state index >= 15 is 0 Å². The minimum atomic E-state index is -4.82. The number of pyridine rings is 1. The summed E-state index contributed by atoms with van der Waals surface area (Å²) in [6.45, 7) is 0. The molecule has 0 saturated carbocycles. The Kier molecular flexibility index (Phi) is 3.48. The third kappa shape index (κ3) is 3.13. The van der Waals surface area contributed by atoms with Gasteiger partial charge >= 0.3 is 6.36 Å². The van der Waals surface area contributed by atoms with Gasteiger partial charge in [0.05, 0.1) is 5.69 Å². The van der Waals surface area contributed by atoms with E-state index in [-0.39, 0.29) is 17.0 Å². The molecule has 3 N–H and O–H groups in total. The number of halogens is 3. The van der Waals surface area contributed by atoms with E-state index in [2.05, 4.69) is 9.72 Å². The third-order valence-corrected chi connectivity index (χ3v) is 3.27. The van der Waals surface area contributed by atoms with Crippen molar-refractivity contribution in [3.8, 4) is 17.0 Å². The van der Waals surface area contributed by atoms with Crippen LogP contribution in [0.4, 0.5) is 18.9 Å². The largest absolute Gasteiger partial charge is 0.573 e. The average molecular weight is 320 g/mol. The molecule has 1 heterocycles. The van der Waals surface area contributed by atoms with Crippen LogP contribution in [0.25, 0.3) is 22.0 Å². The number of nitrogens with two attached hydrogens (primary N) is 1. The van der Waals surface area contributed by atoms with E-state index in [4.69, 9.17) is 5.73 Å². The molecular formula is C16H11F3N2O2. The summed E-state index contributed by atoms with van der Waals surface area (Å²) >= 11 is 0. The van der Waals surface area contributed by atoms with Crippen molar-refractivity contribution in [2.75, 3.05) is 5.73 Å². The summed E-state index contributed by atoms with van der Waals surface area (Å²) < 4.78 is 41.5. The zero-order chi connectivity index (χ0) is 16.6. The maximum atomic E-state index is 12.5. The van der Waals surface area contributed by atoms with Crippen LogP contribution in [0.15, 0.2) is 53.3 Å². The molecule has 3 rings (SSSR count). The smallest absolute Gasteiger partial charge is 0.405 e. The van der Waals surface area contributed by atoms with Gasteiger partial charge in [0.1, 0.15) is 5.75 Å².